The second-order valence-corrected chi connectivity index (χ2v) is 5.10. The van der Waals surface area contributed by atoms with Crippen molar-refractivity contribution in [2.45, 2.75) is 64.2 Å². The average molecular weight is 292 g/mol. The highest BCUT2D eigenvalue weighted by atomic mass is 13.9. The molecule has 22 heavy (non-hydrogen) atoms. The zero-order chi connectivity index (χ0) is 16.1. The molecule has 0 bridgehead atoms. The molecule has 0 aliphatic carbocycles. The van der Waals surface area contributed by atoms with Crippen LogP contribution < -0.4 is 0 Å². The lowest BCUT2D eigenvalue weighted by molar-refractivity contribution is 0.622. The van der Waals surface area contributed by atoms with Gasteiger partial charge < -0.3 is 0 Å². The van der Waals surface area contributed by atoms with Crippen LogP contribution in [0.15, 0.2) is 36.5 Å². The number of terminal acetylenes is 2. The molecule has 0 saturated heterocycles. The summed E-state index contributed by atoms with van der Waals surface area (Å²) in [7, 11) is 0. The fourth-order valence-electron chi connectivity index (χ4n) is 1.94. The molecule has 0 aliphatic rings. The Morgan fingerprint density at radius 1 is 0.591 bits per heavy atom. The van der Waals surface area contributed by atoms with Crippen LogP contribution in [0.2, 0.25) is 0 Å². The van der Waals surface area contributed by atoms with Crippen molar-refractivity contribution < 1.29 is 0 Å². The van der Waals surface area contributed by atoms with Crippen molar-refractivity contribution in [3.8, 4) is 36.5 Å². The fraction of sp³-hybridized carbons (Fsp3) is 0.455. The van der Waals surface area contributed by atoms with Gasteiger partial charge in [0.1, 0.15) is 0 Å². The van der Waals surface area contributed by atoms with E-state index < -0.39 is 0 Å². The van der Waals surface area contributed by atoms with E-state index in [1.54, 1.807) is 12.2 Å². The first kappa shape index (κ1) is 19.9. The van der Waals surface area contributed by atoms with Crippen LogP contribution in [-0.2, 0) is 0 Å². The van der Waals surface area contributed by atoms with E-state index in [4.69, 9.17) is 12.8 Å². The SMILES string of the molecule is C#C/C=C\CCCC#C/C=C/CCCCCCC/C=C\C#C. The number of hydrogen-bond donors (Lipinski definition) is 0. The number of allylic oxidation sites excluding steroid dienone is 6. The third kappa shape index (κ3) is 17.9. The van der Waals surface area contributed by atoms with Crippen LogP contribution in [0.4, 0.5) is 0 Å². The van der Waals surface area contributed by atoms with Crippen LogP contribution in [0.3, 0.4) is 0 Å². The zero-order valence-electron chi connectivity index (χ0n) is 13.7. The molecular weight excluding hydrogens is 264 g/mol. The average Bonchev–Trinajstić information content (AvgIpc) is 2.54. The third-order valence-electron chi connectivity index (χ3n) is 3.15. The topological polar surface area (TPSA) is 0 Å². The van der Waals surface area contributed by atoms with Crippen LogP contribution in [0, 0.1) is 36.5 Å². The minimum Gasteiger partial charge on any atom is -0.115 e. The Morgan fingerprint density at radius 3 is 1.68 bits per heavy atom. The van der Waals surface area contributed by atoms with E-state index in [0.717, 1.165) is 32.1 Å². The summed E-state index contributed by atoms with van der Waals surface area (Å²) in [4.78, 5) is 0. The second-order valence-electron chi connectivity index (χ2n) is 5.10. The monoisotopic (exact) mass is 292 g/mol. The molecule has 0 spiro atoms. The molecule has 0 aromatic rings. The van der Waals surface area contributed by atoms with Gasteiger partial charge in [-0.3, -0.25) is 0 Å². The van der Waals surface area contributed by atoms with Crippen LogP contribution >= 0.6 is 0 Å². The molecular formula is C22H28. The van der Waals surface area contributed by atoms with Gasteiger partial charge in [-0.25, -0.2) is 0 Å². The molecule has 0 fully saturated rings. The van der Waals surface area contributed by atoms with Gasteiger partial charge in [-0.1, -0.05) is 61.2 Å². The summed E-state index contributed by atoms with van der Waals surface area (Å²) in [5.41, 5.74) is 0. The van der Waals surface area contributed by atoms with Crippen molar-refractivity contribution in [1.82, 2.24) is 0 Å². The first-order valence-corrected chi connectivity index (χ1v) is 8.27. The van der Waals surface area contributed by atoms with Gasteiger partial charge in [-0.15, -0.1) is 12.8 Å². The smallest absolute Gasteiger partial charge is 0.00951 e. The Morgan fingerprint density at radius 2 is 1.09 bits per heavy atom. The van der Waals surface area contributed by atoms with Crippen molar-refractivity contribution in [2.75, 3.05) is 0 Å². The van der Waals surface area contributed by atoms with Crippen LogP contribution in [0.1, 0.15) is 64.2 Å². The Bertz CT molecular complexity index is 463. The maximum absolute atomic E-state index is 5.14. The molecule has 0 saturated carbocycles. The van der Waals surface area contributed by atoms with Crippen molar-refractivity contribution >= 4 is 0 Å². The highest BCUT2D eigenvalue weighted by Crippen LogP contribution is 2.07. The Hall–Kier alpha value is -2.10. The molecule has 0 radical (unpaired) electrons. The predicted molar refractivity (Wildman–Crippen MR) is 99.0 cm³/mol. The van der Waals surface area contributed by atoms with E-state index in [9.17, 15) is 0 Å². The molecule has 0 aromatic carbocycles. The highest BCUT2D eigenvalue weighted by Gasteiger charge is 1.88. The van der Waals surface area contributed by atoms with E-state index in [2.05, 4.69) is 35.8 Å². The lowest BCUT2D eigenvalue weighted by Gasteiger charge is -1.97. The molecule has 0 unspecified atom stereocenters. The predicted octanol–water partition coefficient (Wildman–Crippen LogP) is 5.83. The summed E-state index contributed by atoms with van der Waals surface area (Å²) < 4.78 is 0. The second kappa shape index (κ2) is 18.9. The minimum absolute atomic E-state index is 0.938. The summed E-state index contributed by atoms with van der Waals surface area (Å²) in [6.07, 6.45) is 33.8. The summed E-state index contributed by atoms with van der Waals surface area (Å²) in [6.45, 7) is 0. The van der Waals surface area contributed by atoms with E-state index in [1.807, 2.05) is 12.2 Å². The zero-order valence-corrected chi connectivity index (χ0v) is 13.7. The summed E-state index contributed by atoms with van der Waals surface area (Å²) in [5.74, 6) is 11.2. The lowest BCUT2D eigenvalue weighted by Crippen LogP contribution is -1.78. The van der Waals surface area contributed by atoms with Gasteiger partial charge >= 0.3 is 0 Å². The standard InChI is InChI=1S/C22H28/c1-3-5-7-9-11-13-15-17-19-21-22-20-18-16-14-12-10-8-6-4-2/h1-2,5-8,20,22H,9-15,17,19,21H2/b7-5-,8-6-,22-20+. The molecule has 0 N–H and O–H groups in total. The Balaban J connectivity index is 3.31. The molecule has 0 heterocycles. The molecule has 0 rings (SSSR count). The Kier molecular flexibility index (Phi) is 17.1. The molecule has 116 valence electrons. The summed E-state index contributed by atoms with van der Waals surface area (Å²) in [5, 5.41) is 0. The van der Waals surface area contributed by atoms with Crippen LogP contribution in [0.25, 0.3) is 0 Å². The quantitative estimate of drug-likeness (QED) is 0.332. The molecule has 0 heteroatoms. The molecule has 0 nitrogen and oxygen atoms in total. The van der Waals surface area contributed by atoms with Crippen LogP contribution in [0.5, 0.6) is 0 Å². The fourth-order valence-corrected chi connectivity index (χ4v) is 1.94. The first-order chi connectivity index (χ1) is 10.9. The minimum atomic E-state index is 0.938. The number of hydrogen-bond acceptors (Lipinski definition) is 0. The van der Waals surface area contributed by atoms with Gasteiger partial charge in [0.15, 0.2) is 0 Å². The third-order valence-corrected chi connectivity index (χ3v) is 3.15. The molecule has 0 atom stereocenters. The van der Waals surface area contributed by atoms with Gasteiger partial charge in [-0.2, -0.15) is 0 Å². The van der Waals surface area contributed by atoms with Crippen molar-refractivity contribution in [1.29, 1.82) is 0 Å². The number of rotatable bonds is 11. The number of unbranched alkanes of at least 4 members (excludes halogenated alkanes) is 8. The Labute approximate surface area is 137 Å². The van der Waals surface area contributed by atoms with E-state index >= 15 is 0 Å². The van der Waals surface area contributed by atoms with Crippen LogP contribution in [-0.4, -0.2) is 0 Å². The highest BCUT2D eigenvalue weighted by molar-refractivity contribution is 5.15. The lowest BCUT2D eigenvalue weighted by atomic mass is 10.1. The van der Waals surface area contributed by atoms with Crippen molar-refractivity contribution in [3.05, 3.63) is 36.5 Å². The molecule has 0 aromatic heterocycles. The normalized spacial score (nSPS) is 10.6. The maximum atomic E-state index is 5.14. The van der Waals surface area contributed by atoms with Crippen molar-refractivity contribution in [2.24, 2.45) is 0 Å². The van der Waals surface area contributed by atoms with Gasteiger partial charge in [0, 0.05) is 6.42 Å². The van der Waals surface area contributed by atoms with E-state index in [-0.39, 0.29) is 0 Å². The van der Waals surface area contributed by atoms with E-state index in [1.165, 1.54) is 32.1 Å². The van der Waals surface area contributed by atoms with Gasteiger partial charge in [0.2, 0.25) is 0 Å². The first-order valence-electron chi connectivity index (χ1n) is 8.27. The van der Waals surface area contributed by atoms with Crippen molar-refractivity contribution in [3.63, 3.8) is 0 Å². The summed E-state index contributed by atoms with van der Waals surface area (Å²) in [6, 6.07) is 0. The molecule has 0 aliphatic heterocycles. The summed E-state index contributed by atoms with van der Waals surface area (Å²) >= 11 is 0. The maximum Gasteiger partial charge on any atom is 0.00951 e. The van der Waals surface area contributed by atoms with Gasteiger partial charge in [0.05, 0.1) is 0 Å². The van der Waals surface area contributed by atoms with E-state index in [0.29, 0.717) is 0 Å². The largest absolute Gasteiger partial charge is 0.115 e. The van der Waals surface area contributed by atoms with Gasteiger partial charge in [-0.05, 0) is 56.8 Å². The molecule has 0 amide bonds. The van der Waals surface area contributed by atoms with Gasteiger partial charge in [0.25, 0.3) is 0 Å².